The molecular formula is C17H18ClNO3S. The van der Waals surface area contributed by atoms with E-state index in [1.54, 1.807) is 18.2 Å². The lowest BCUT2D eigenvalue weighted by Gasteiger charge is -2.24. The third-order valence-corrected chi connectivity index (χ3v) is 5.59. The molecule has 0 unspecified atom stereocenters. The lowest BCUT2D eigenvalue weighted by molar-refractivity contribution is 0.428. The molecular weight excluding hydrogens is 334 g/mol. The normalized spacial score (nSPS) is 16.2. The Morgan fingerprint density at radius 2 is 1.91 bits per heavy atom. The molecule has 1 aliphatic rings. The molecule has 0 amide bonds. The molecule has 1 aromatic carbocycles. The van der Waals surface area contributed by atoms with Crippen molar-refractivity contribution >= 4 is 21.7 Å². The van der Waals surface area contributed by atoms with E-state index in [9.17, 15) is 8.42 Å². The Balaban J connectivity index is 1.93. The van der Waals surface area contributed by atoms with E-state index in [4.69, 9.17) is 15.8 Å². The summed E-state index contributed by atoms with van der Waals surface area (Å²) in [7, 11) is -3.89. The molecule has 4 nitrogen and oxygen atoms in total. The molecule has 3 rings (SSSR count). The Kier molecular flexibility index (Phi) is 4.87. The third-order valence-electron chi connectivity index (χ3n) is 4.14. The van der Waals surface area contributed by atoms with Gasteiger partial charge in [0.2, 0.25) is 0 Å². The van der Waals surface area contributed by atoms with E-state index >= 15 is 0 Å². The van der Waals surface area contributed by atoms with E-state index in [-0.39, 0.29) is 4.90 Å². The van der Waals surface area contributed by atoms with Gasteiger partial charge in [0.05, 0.1) is 0 Å². The zero-order valence-electron chi connectivity index (χ0n) is 12.6. The van der Waals surface area contributed by atoms with Gasteiger partial charge in [-0.05, 0) is 49.1 Å². The first-order valence-corrected chi connectivity index (χ1v) is 9.49. The molecule has 0 bridgehead atoms. The second kappa shape index (κ2) is 6.89. The molecule has 1 heterocycles. The van der Waals surface area contributed by atoms with Gasteiger partial charge in [0, 0.05) is 23.0 Å². The smallest absolute Gasteiger partial charge is 0.340 e. The zero-order valence-corrected chi connectivity index (χ0v) is 14.2. The molecule has 6 heteroatoms. The molecule has 0 atom stereocenters. The molecule has 0 spiro atoms. The first kappa shape index (κ1) is 16.3. The maximum atomic E-state index is 12.4. The van der Waals surface area contributed by atoms with Crippen molar-refractivity contribution in [2.45, 2.75) is 42.9 Å². The molecule has 122 valence electrons. The summed E-state index contributed by atoms with van der Waals surface area (Å²) in [6, 6.07) is 8.16. The SMILES string of the molecule is O=S(=O)(Oc1ccc(Cl)cc1C1CCCCC1)c1cccnc1. The van der Waals surface area contributed by atoms with Crippen LogP contribution < -0.4 is 4.18 Å². The summed E-state index contributed by atoms with van der Waals surface area (Å²) < 4.78 is 30.3. The molecule has 23 heavy (non-hydrogen) atoms. The summed E-state index contributed by atoms with van der Waals surface area (Å²) >= 11 is 6.11. The number of aromatic nitrogens is 1. The number of rotatable bonds is 4. The van der Waals surface area contributed by atoms with Gasteiger partial charge < -0.3 is 4.18 Å². The van der Waals surface area contributed by atoms with Gasteiger partial charge in [0.15, 0.2) is 0 Å². The average Bonchev–Trinajstić information content (AvgIpc) is 2.58. The monoisotopic (exact) mass is 351 g/mol. The van der Waals surface area contributed by atoms with Crippen molar-refractivity contribution in [3.8, 4) is 5.75 Å². The van der Waals surface area contributed by atoms with Crippen molar-refractivity contribution < 1.29 is 12.6 Å². The second-order valence-corrected chi connectivity index (χ2v) is 7.73. The molecule has 1 saturated carbocycles. The summed E-state index contributed by atoms with van der Waals surface area (Å²) in [5.41, 5.74) is 0.879. The van der Waals surface area contributed by atoms with Crippen LogP contribution in [0.2, 0.25) is 5.02 Å². The van der Waals surface area contributed by atoms with Crippen LogP contribution in [0.5, 0.6) is 5.75 Å². The highest BCUT2D eigenvalue weighted by atomic mass is 35.5. The predicted octanol–water partition coefficient (Wildman–Crippen LogP) is 4.55. The Bertz CT molecular complexity index is 772. The molecule has 1 fully saturated rings. The largest absolute Gasteiger partial charge is 0.379 e. The maximum Gasteiger partial charge on any atom is 0.340 e. The molecule has 0 saturated heterocycles. The van der Waals surface area contributed by atoms with Gasteiger partial charge in [-0.3, -0.25) is 4.98 Å². The first-order valence-electron chi connectivity index (χ1n) is 7.70. The molecule has 1 aliphatic carbocycles. The zero-order chi connectivity index (χ0) is 16.3. The summed E-state index contributed by atoms with van der Waals surface area (Å²) in [5.74, 6) is 0.659. The highest BCUT2D eigenvalue weighted by Gasteiger charge is 2.24. The van der Waals surface area contributed by atoms with E-state index < -0.39 is 10.1 Å². The van der Waals surface area contributed by atoms with Gasteiger partial charge >= 0.3 is 10.1 Å². The fraction of sp³-hybridized carbons (Fsp3) is 0.353. The molecule has 2 aromatic rings. The standard InChI is InChI=1S/C17H18ClNO3S/c18-14-8-9-17(16(11-14)13-5-2-1-3-6-13)22-23(20,21)15-7-4-10-19-12-15/h4,7-13H,1-3,5-6H2. The van der Waals surface area contributed by atoms with Crippen molar-refractivity contribution in [1.29, 1.82) is 0 Å². The van der Waals surface area contributed by atoms with Crippen LogP contribution in [-0.4, -0.2) is 13.4 Å². The van der Waals surface area contributed by atoms with Crippen molar-refractivity contribution in [1.82, 2.24) is 4.98 Å². The second-order valence-electron chi connectivity index (χ2n) is 5.74. The Labute approximate surface area is 141 Å². The van der Waals surface area contributed by atoms with Gasteiger partial charge in [-0.2, -0.15) is 8.42 Å². The minimum absolute atomic E-state index is 0.0459. The summed E-state index contributed by atoms with van der Waals surface area (Å²) in [6.07, 6.45) is 8.38. The summed E-state index contributed by atoms with van der Waals surface area (Å²) in [4.78, 5) is 3.88. The Hall–Kier alpha value is -1.59. The quantitative estimate of drug-likeness (QED) is 0.758. The lowest BCUT2D eigenvalue weighted by Crippen LogP contribution is -2.13. The fourth-order valence-corrected chi connectivity index (χ4v) is 4.09. The van der Waals surface area contributed by atoms with Crippen LogP contribution in [0.25, 0.3) is 0 Å². The van der Waals surface area contributed by atoms with Gasteiger partial charge in [-0.1, -0.05) is 30.9 Å². The highest BCUT2D eigenvalue weighted by Crippen LogP contribution is 2.39. The average molecular weight is 352 g/mol. The van der Waals surface area contributed by atoms with Crippen LogP contribution in [0, 0.1) is 0 Å². The lowest BCUT2D eigenvalue weighted by atomic mass is 9.84. The van der Waals surface area contributed by atoms with Crippen LogP contribution in [0.3, 0.4) is 0 Å². The topological polar surface area (TPSA) is 56.3 Å². The van der Waals surface area contributed by atoms with E-state index in [1.165, 1.54) is 24.9 Å². The van der Waals surface area contributed by atoms with E-state index in [0.29, 0.717) is 16.7 Å². The maximum absolute atomic E-state index is 12.4. The van der Waals surface area contributed by atoms with Crippen molar-refractivity contribution in [2.75, 3.05) is 0 Å². The van der Waals surface area contributed by atoms with Crippen LogP contribution in [0.4, 0.5) is 0 Å². The molecule has 0 radical (unpaired) electrons. The summed E-state index contributed by atoms with van der Waals surface area (Å²) in [5, 5.41) is 0.594. The van der Waals surface area contributed by atoms with E-state index in [0.717, 1.165) is 31.2 Å². The van der Waals surface area contributed by atoms with Crippen LogP contribution in [0.15, 0.2) is 47.6 Å². The van der Waals surface area contributed by atoms with Gasteiger partial charge in [-0.15, -0.1) is 0 Å². The third kappa shape index (κ3) is 3.85. The van der Waals surface area contributed by atoms with E-state index in [2.05, 4.69) is 4.98 Å². The Morgan fingerprint density at radius 1 is 1.13 bits per heavy atom. The number of pyridine rings is 1. The number of nitrogens with zero attached hydrogens (tertiary/aromatic N) is 1. The molecule has 0 N–H and O–H groups in total. The van der Waals surface area contributed by atoms with Crippen molar-refractivity contribution in [3.63, 3.8) is 0 Å². The van der Waals surface area contributed by atoms with Gasteiger partial charge in [-0.25, -0.2) is 0 Å². The van der Waals surface area contributed by atoms with Crippen LogP contribution in [-0.2, 0) is 10.1 Å². The minimum atomic E-state index is -3.89. The first-order chi connectivity index (χ1) is 11.1. The Morgan fingerprint density at radius 3 is 2.61 bits per heavy atom. The molecule has 1 aromatic heterocycles. The number of benzene rings is 1. The number of halogens is 1. The predicted molar refractivity (Wildman–Crippen MR) is 89.3 cm³/mol. The van der Waals surface area contributed by atoms with Gasteiger partial charge in [0.1, 0.15) is 10.6 Å². The van der Waals surface area contributed by atoms with Crippen LogP contribution >= 0.6 is 11.6 Å². The summed E-state index contributed by atoms with van der Waals surface area (Å²) in [6.45, 7) is 0. The van der Waals surface area contributed by atoms with E-state index in [1.807, 2.05) is 6.07 Å². The highest BCUT2D eigenvalue weighted by molar-refractivity contribution is 7.87. The minimum Gasteiger partial charge on any atom is -0.379 e. The fourth-order valence-electron chi connectivity index (χ4n) is 2.99. The number of hydrogen-bond donors (Lipinski definition) is 0. The van der Waals surface area contributed by atoms with Gasteiger partial charge in [0.25, 0.3) is 0 Å². The van der Waals surface area contributed by atoms with Crippen molar-refractivity contribution in [3.05, 3.63) is 53.3 Å². The van der Waals surface area contributed by atoms with Crippen molar-refractivity contribution in [2.24, 2.45) is 0 Å². The number of hydrogen-bond acceptors (Lipinski definition) is 4. The van der Waals surface area contributed by atoms with Crippen LogP contribution in [0.1, 0.15) is 43.6 Å². The molecule has 0 aliphatic heterocycles.